The number of nitrogens with one attached hydrogen (secondary N) is 2. The molecule has 0 aliphatic rings. The number of hydrogen-bond donors (Lipinski definition) is 3. The van der Waals surface area contributed by atoms with Gasteiger partial charge in [0.05, 0.1) is 19.0 Å². The zero-order valence-electron chi connectivity index (χ0n) is 7.86. The number of carbonyl (C=O) groups is 1. The number of furan rings is 1. The number of anilines is 1. The summed E-state index contributed by atoms with van der Waals surface area (Å²) in [6, 6.07) is 3.53. The Bertz CT molecular complexity index is 446. The lowest BCUT2D eigenvalue weighted by Crippen LogP contribution is -2.22. The van der Waals surface area contributed by atoms with E-state index >= 15 is 0 Å². The molecule has 0 spiro atoms. The molecule has 2 rings (SSSR count). The SMILES string of the molecule is Nc1[nH]ncc1C(=O)NCc1ccco1. The number of hydrogen-bond acceptors (Lipinski definition) is 4. The molecule has 2 aromatic rings. The van der Waals surface area contributed by atoms with Gasteiger partial charge in [-0.25, -0.2) is 0 Å². The molecule has 0 saturated heterocycles. The number of nitrogen functional groups attached to an aromatic ring is 1. The van der Waals surface area contributed by atoms with Crippen molar-refractivity contribution in [3.05, 3.63) is 35.9 Å². The summed E-state index contributed by atoms with van der Waals surface area (Å²) in [5.41, 5.74) is 5.82. The lowest BCUT2D eigenvalue weighted by molar-refractivity contribution is 0.0949. The van der Waals surface area contributed by atoms with Crippen LogP contribution in [0, 0.1) is 0 Å². The summed E-state index contributed by atoms with van der Waals surface area (Å²) in [4.78, 5) is 11.5. The summed E-state index contributed by atoms with van der Waals surface area (Å²) >= 11 is 0. The standard InChI is InChI=1S/C9H10N4O2/c10-8-7(5-12-13-8)9(14)11-4-6-2-1-3-15-6/h1-3,5H,4H2,(H,11,14)(H3,10,12,13). The Balaban J connectivity index is 1.96. The highest BCUT2D eigenvalue weighted by Gasteiger charge is 2.11. The van der Waals surface area contributed by atoms with Crippen molar-refractivity contribution in [2.45, 2.75) is 6.54 Å². The van der Waals surface area contributed by atoms with Crippen molar-refractivity contribution in [2.75, 3.05) is 5.73 Å². The van der Waals surface area contributed by atoms with Gasteiger partial charge < -0.3 is 15.5 Å². The van der Waals surface area contributed by atoms with Crippen LogP contribution in [-0.4, -0.2) is 16.1 Å². The number of aromatic nitrogens is 2. The molecule has 78 valence electrons. The van der Waals surface area contributed by atoms with Crippen molar-refractivity contribution >= 4 is 11.7 Å². The van der Waals surface area contributed by atoms with Crippen molar-refractivity contribution in [3.8, 4) is 0 Å². The van der Waals surface area contributed by atoms with Crippen LogP contribution in [0.3, 0.4) is 0 Å². The summed E-state index contributed by atoms with van der Waals surface area (Å²) in [7, 11) is 0. The van der Waals surface area contributed by atoms with E-state index in [9.17, 15) is 4.79 Å². The number of H-pyrrole nitrogens is 1. The molecule has 0 unspecified atom stereocenters. The van der Waals surface area contributed by atoms with E-state index in [0.29, 0.717) is 17.9 Å². The summed E-state index contributed by atoms with van der Waals surface area (Å²) in [5.74, 6) is 0.662. The van der Waals surface area contributed by atoms with E-state index in [2.05, 4.69) is 15.5 Å². The Hall–Kier alpha value is -2.24. The largest absolute Gasteiger partial charge is 0.467 e. The van der Waals surface area contributed by atoms with E-state index in [1.54, 1.807) is 18.4 Å². The van der Waals surface area contributed by atoms with Gasteiger partial charge >= 0.3 is 0 Å². The fourth-order valence-corrected chi connectivity index (χ4v) is 1.15. The normalized spacial score (nSPS) is 10.1. The second-order valence-corrected chi connectivity index (χ2v) is 2.96. The van der Waals surface area contributed by atoms with Gasteiger partial charge in [0, 0.05) is 0 Å². The van der Waals surface area contributed by atoms with E-state index in [1.807, 2.05) is 0 Å². The summed E-state index contributed by atoms with van der Waals surface area (Å²) in [6.07, 6.45) is 2.93. The third-order valence-electron chi connectivity index (χ3n) is 1.92. The molecule has 4 N–H and O–H groups in total. The van der Waals surface area contributed by atoms with E-state index in [-0.39, 0.29) is 11.7 Å². The second kappa shape index (κ2) is 3.87. The minimum atomic E-state index is -0.280. The number of amides is 1. The molecular weight excluding hydrogens is 196 g/mol. The topological polar surface area (TPSA) is 96.9 Å². The molecule has 0 bridgehead atoms. The first-order chi connectivity index (χ1) is 7.27. The Morgan fingerprint density at radius 2 is 2.53 bits per heavy atom. The minimum absolute atomic E-state index is 0.256. The zero-order valence-corrected chi connectivity index (χ0v) is 7.86. The van der Waals surface area contributed by atoms with Gasteiger partial charge in [-0.15, -0.1) is 0 Å². The number of nitrogens with two attached hydrogens (primary N) is 1. The van der Waals surface area contributed by atoms with Crippen LogP contribution in [0.4, 0.5) is 5.82 Å². The zero-order chi connectivity index (χ0) is 10.7. The molecule has 0 saturated carbocycles. The van der Waals surface area contributed by atoms with Gasteiger partial charge in [-0.3, -0.25) is 9.89 Å². The van der Waals surface area contributed by atoms with Crippen molar-refractivity contribution in [1.82, 2.24) is 15.5 Å². The fourth-order valence-electron chi connectivity index (χ4n) is 1.15. The maximum absolute atomic E-state index is 11.5. The molecule has 2 heterocycles. The molecule has 2 aromatic heterocycles. The molecule has 0 fully saturated rings. The molecule has 15 heavy (non-hydrogen) atoms. The molecule has 0 radical (unpaired) electrons. The van der Waals surface area contributed by atoms with Gasteiger partial charge in [0.25, 0.3) is 5.91 Å². The first-order valence-corrected chi connectivity index (χ1v) is 4.37. The number of carbonyl (C=O) groups excluding carboxylic acids is 1. The summed E-state index contributed by atoms with van der Waals surface area (Å²) < 4.78 is 5.06. The molecule has 0 aliphatic heterocycles. The van der Waals surface area contributed by atoms with Crippen LogP contribution in [0.25, 0.3) is 0 Å². The number of nitrogens with zero attached hydrogens (tertiary/aromatic N) is 1. The lowest BCUT2D eigenvalue weighted by Gasteiger charge is -2.01. The van der Waals surface area contributed by atoms with Crippen LogP contribution >= 0.6 is 0 Å². The van der Waals surface area contributed by atoms with Crippen LogP contribution in [0.5, 0.6) is 0 Å². The predicted octanol–water partition coefficient (Wildman–Crippen LogP) is 0.515. The molecule has 0 atom stereocenters. The van der Waals surface area contributed by atoms with Gasteiger partial charge in [0.15, 0.2) is 0 Å². The highest BCUT2D eigenvalue weighted by molar-refractivity contribution is 5.97. The van der Waals surface area contributed by atoms with E-state index in [0.717, 1.165) is 0 Å². The van der Waals surface area contributed by atoms with Gasteiger partial charge in [-0.05, 0) is 12.1 Å². The van der Waals surface area contributed by atoms with E-state index in [1.165, 1.54) is 6.20 Å². The lowest BCUT2D eigenvalue weighted by atomic mass is 10.3. The Labute approximate surface area is 85.5 Å². The molecule has 6 heteroatoms. The highest BCUT2D eigenvalue weighted by atomic mass is 16.3. The average Bonchev–Trinajstić information content (AvgIpc) is 2.84. The number of rotatable bonds is 3. The van der Waals surface area contributed by atoms with Gasteiger partial charge in [-0.2, -0.15) is 5.10 Å². The maximum atomic E-state index is 11.5. The fraction of sp³-hybridized carbons (Fsp3) is 0.111. The Morgan fingerprint density at radius 1 is 1.67 bits per heavy atom. The summed E-state index contributed by atoms with van der Waals surface area (Å²) in [5, 5.41) is 8.80. The second-order valence-electron chi connectivity index (χ2n) is 2.96. The Kier molecular flexibility index (Phi) is 2.40. The first-order valence-electron chi connectivity index (χ1n) is 4.37. The monoisotopic (exact) mass is 206 g/mol. The third-order valence-corrected chi connectivity index (χ3v) is 1.92. The van der Waals surface area contributed by atoms with Gasteiger partial charge in [0.1, 0.15) is 17.1 Å². The van der Waals surface area contributed by atoms with Gasteiger partial charge in [-0.1, -0.05) is 0 Å². The van der Waals surface area contributed by atoms with Gasteiger partial charge in [0.2, 0.25) is 0 Å². The smallest absolute Gasteiger partial charge is 0.257 e. The maximum Gasteiger partial charge on any atom is 0.257 e. The molecular formula is C9H10N4O2. The van der Waals surface area contributed by atoms with E-state index in [4.69, 9.17) is 10.2 Å². The quantitative estimate of drug-likeness (QED) is 0.681. The van der Waals surface area contributed by atoms with Crippen LogP contribution in [0.15, 0.2) is 29.0 Å². The average molecular weight is 206 g/mol. The van der Waals surface area contributed by atoms with Crippen LogP contribution < -0.4 is 11.1 Å². The predicted molar refractivity (Wildman–Crippen MR) is 52.9 cm³/mol. The van der Waals surface area contributed by atoms with Crippen LogP contribution in [-0.2, 0) is 6.54 Å². The Morgan fingerprint density at radius 3 is 3.13 bits per heavy atom. The van der Waals surface area contributed by atoms with Crippen molar-refractivity contribution in [3.63, 3.8) is 0 Å². The van der Waals surface area contributed by atoms with Crippen LogP contribution in [0.1, 0.15) is 16.1 Å². The molecule has 0 aliphatic carbocycles. The summed E-state index contributed by atoms with van der Waals surface area (Å²) in [6.45, 7) is 0.330. The third kappa shape index (κ3) is 1.98. The van der Waals surface area contributed by atoms with Crippen molar-refractivity contribution in [2.24, 2.45) is 0 Å². The minimum Gasteiger partial charge on any atom is -0.467 e. The molecule has 0 aromatic carbocycles. The van der Waals surface area contributed by atoms with Crippen LogP contribution in [0.2, 0.25) is 0 Å². The highest BCUT2D eigenvalue weighted by Crippen LogP contribution is 2.06. The first kappa shape index (κ1) is 9.32. The van der Waals surface area contributed by atoms with Crippen molar-refractivity contribution < 1.29 is 9.21 Å². The van der Waals surface area contributed by atoms with Crippen molar-refractivity contribution in [1.29, 1.82) is 0 Å². The molecule has 6 nitrogen and oxygen atoms in total. The number of aromatic amines is 1. The molecule has 1 amide bonds. The van der Waals surface area contributed by atoms with E-state index < -0.39 is 0 Å².